The summed E-state index contributed by atoms with van der Waals surface area (Å²) in [6.07, 6.45) is 24.7. The van der Waals surface area contributed by atoms with Crippen LogP contribution in [-0.4, -0.2) is 13.1 Å². The molecule has 0 aliphatic heterocycles. The Bertz CT molecular complexity index is 204. The second-order valence-corrected chi connectivity index (χ2v) is 6.48. The number of quaternary nitrogens is 1. The number of rotatable bonds is 17. The average molecular weight is 332 g/mol. The molecule has 0 aliphatic carbocycles. The Morgan fingerprint density at radius 3 is 1.45 bits per heavy atom. The van der Waals surface area contributed by atoms with E-state index in [4.69, 9.17) is 0 Å². The minimum absolute atomic E-state index is 0. The Kier molecular flexibility index (Phi) is 25.6. The van der Waals surface area contributed by atoms with E-state index in [9.17, 15) is 0 Å². The van der Waals surface area contributed by atoms with Gasteiger partial charge < -0.3 is 17.7 Å². The SMILES string of the molecule is CC=CC[NH2+]CCCCCCCCCCCCCCCC.[Cl-]. The predicted octanol–water partition coefficient (Wildman–Crippen LogP) is 2.61. The maximum atomic E-state index is 2.42. The Morgan fingerprint density at radius 1 is 0.636 bits per heavy atom. The first-order valence-electron chi connectivity index (χ1n) is 9.84. The van der Waals surface area contributed by atoms with Crippen LogP contribution in [0.1, 0.15) is 104 Å². The minimum atomic E-state index is 0. The number of allylic oxidation sites excluding steroid dienone is 1. The van der Waals surface area contributed by atoms with Crippen molar-refractivity contribution < 1.29 is 17.7 Å². The van der Waals surface area contributed by atoms with Crippen LogP contribution in [0.25, 0.3) is 0 Å². The highest BCUT2D eigenvalue weighted by Gasteiger charge is 1.94. The molecule has 0 amide bonds. The van der Waals surface area contributed by atoms with E-state index in [2.05, 4.69) is 31.3 Å². The van der Waals surface area contributed by atoms with E-state index in [0.29, 0.717) is 0 Å². The largest absolute Gasteiger partial charge is 1.00 e. The summed E-state index contributed by atoms with van der Waals surface area (Å²) in [7, 11) is 0. The first kappa shape index (κ1) is 24.2. The van der Waals surface area contributed by atoms with Crippen molar-refractivity contribution in [3.8, 4) is 0 Å². The predicted molar refractivity (Wildman–Crippen MR) is 96.8 cm³/mol. The van der Waals surface area contributed by atoms with Crippen LogP contribution >= 0.6 is 0 Å². The van der Waals surface area contributed by atoms with Gasteiger partial charge in [-0.15, -0.1) is 0 Å². The fourth-order valence-electron chi connectivity index (χ4n) is 2.83. The molecule has 0 atom stereocenters. The summed E-state index contributed by atoms with van der Waals surface area (Å²) in [4.78, 5) is 0. The van der Waals surface area contributed by atoms with Crippen molar-refractivity contribution in [2.24, 2.45) is 0 Å². The van der Waals surface area contributed by atoms with Crippen molar-refractivity contribution in [1.82, 2.24) is 0 Å². The maximum absolute atomic E-state index is 2.42. The van der Waals surface area contributed by atoms with Gasteiger partial charge in [0.05, 0.1) is 13.1 Å². The molecular formula is C20H42ClN. The van der Waals surface area contributed by atoms with Crippen molar-refractivity contribution in [1.29, 1.82) is 0 Å². The van der Waals surface area contributed by atoms with Gasteiger partial charge in [-0.05, 0) is 25.8 Å². The van der Waals surface area contributed by atoms with Gasteiger partial charge >= 0.3 is 0 Å². The van der Waals surface area contributed by atoms with E-state index in [1.54, 1.807) is 0 Å². The van der Waals surface area contributed by atoms with Crippen LogP contribution in [-0.2, 0) is 0 Å². The summed E-state index contributed by atoms with van der Waals surface area (Å²) < 4.78 is 0. The molecule has 134 valence electrons. The summed E-state index contributed by atoms with van der Waals surface area (Å²) in [5, 5.41) is 2.42. The molecule has 0 aliphatic rings. The summed E-state index contributed by atoms with van der Waals surface area (Å²) in [5.74, 6) is 0. The molecule has 0 aromatic heterocycles. The van der Waals surface area contributed by atoms with Gasteiger partial charge in [-0.3, -0.25) is 0 Å². The van der Waals surface area contributed by atoms with Gasteiger partial charge in [0.15, 0.2) is 0 Å². The number of nitrogens with two attached hydrogens (primary N) is 1. The number of unbranched alkanes of at least 4 members (excludes halogenated alkanes) is 13. The maximum Gasteiger partial charge on any atom is 0.0942 e. The van der Waals surface area contributed by atoms with Crippen LogP contribution in [0.4, 0.5) is 0 Å². The Morgan fingerprint density at radius 2 is 1.05 bits per heavy atom. The van der Waals surface area contributed by atoms with E-state index in [1.165, 1.54) is 96.4 Å². The van der Waals surface area contributed by atoms with Crippen molar-refractivity contribution in [2.75, 3.05) is 13.1 Å². The molecule has 0 radical (unpaired) electrons. The molecule has 2 heteroatoms. The lowest BCUT2D eigenvalue weighted by Gasteiger charge is -2.03. The Balaban J connectivity index is 0. The van der Waals surface area contributed by atoms with Crippen molar-refractivity contribution in [3.63, 3.8) is 0 Å². The monoisotopic (exact) mass is 331 g/mol. The number of hydrogen-bond acceptors (Lipinski definition) is 0. The Labute approximate surface area is 147 Å². The van der Waals surface area contributed by atoms with Gasteiger partial charge in [-0.1, -0.05) is 90.0 Å². The molecule has 0 aromatic carbocycles. The average Bonchev–Trinajstić information content (AvgIpc) is 2.50. The third kappa shape index (κ3) is 22.3. The summed E-state index contributed by atoms with van der Waals surface area (Å²) in [6.45, 7) is 6.86. The smallest absolute Gasteiger partial charge is 0.0942 e. The summed E-state index contributed by atoms with van der Waals surface area (Å²) in [6, 6.07) is 0. The molecule has 0 rings (SSSR count). The summed E-state index contributed by atoms with van der Waals surface area (Å²) in [5.41, 5.74) is 0. The normalized spacial score (nSPS) is 11.0. The van der Waals surface area contributed by atoms with Crippen LogP contribution in [0, 0.1) is 0 Å². The highest BCUT2D eigenvalue weighted by Crippen LogP contribution is 2.12. The topological polar surface area (TPSA) is 16.6 Å². The molecule has 0 unspecified atom stereocenters. The highest BCUT2D eigenvalue weighted by molar-refractivity contribution is 4.74. The second kappa shape index (κ2) is 23.3. The molecule has 0 bridgehead atoms. The number of halogens is 1. The van der Waals surface area contributed by atoms with Crippen LogP contribution in [0.15, 0.2) is 12.2 Å². The minimum Gasteiger partial charge on any atom is -1.00 e. The van der Waals surface area contributed by atoms with Crippen molar-refractivity contribution in [3.05, 3.63) is 12.2 Å². The van der Waals surface area contributed by atoms with Gasteiger partial charge in [-0.2, -0.15) is 0 Å². The first-order valence-corrected chi connectivity index (χ1v) is 9.84. The van der Waals surface area contributed by atoms with Gasteiger partial charge in [-0.25, -0.2) is 0 Å². The molecule has 0 heterocycles. The van der Waals surface area contributed by atoms with E-state index in [0.717, 1.165) is 6.54 Å². The molecule has 2 N–H and O–H groups in total. The van der Waals surface area contributed by atoms with Gasteiger partial charge in [0.1, 0.15) is 0 Å². The first-order chi connectivity index (χ1) is 10.4. The number of hydrogen-bond donors (Lipinski definition) is 1. The zero-order chi connectivity index (χ0) is 15.4. The van der Waals surface area contributed by atoms with E-state index < -0.39 is 0 Å². The standard InChI is InChI=1S/C20H41N.ClH/c1-3-5-7-8-9-10-11-12-13-14-15-16-17-18-20-21-19-6-4-2;/h4,6,21H,3,5,7-20H2,1-2H3;1H. The zero-order valence-corrected chi connectivity index (χ0v) is 16.2. The second-order valence-electron chi connectivity index (χ2n) is 6.48. The highest BCUT2D eigenvalue weighted by atomic mass is 35.5. The quantitative estimate of drug-likeness (QED) is 0.312. The molecule has 0 aromatic rings. The zero-order valence-electron chi connectivity index (χ0n) is 15.4. The molecule has 1 nitrogen and oxygen atoms in total. The lowest BCUT2D eigenvalue weighted by atomic mass is 10.0. The fourth-order valence-corrected chi connectivity index (χ4v) is 2.83. The molecule has 0 saturated carbocycles. The van der Waals surface area contributed by atoms with E-state index in [-0.39, 0.29) is 12.4 Å². The van der Waals surface area contributed by atoms with Crippen LogP contribution in [0.2, 0.25) is 0 Å². The van der Waals surface area contributed by atoms with Gasteiger partial charge in [0.2, 0.25) is 0 Å². The van der Waals surface area contributed by atoms with E-state index in [1.807, 2.05) is 0 Å². The molecule has 0 fully saturated rings. The third-order valence-corrected chi connectivity index (χ3v) is 4.30. The van der Waals surface area contributed by atoms with Crippen molar-refractivity contribution in [2.45, 2.75) is 104 Å². The summed E-state index contributed by atoms with van der Waals surface area (Å²) >= 11 is 0. The molecule has 22 heavy (non-hydrogen) atoms. The van der Waals surface area contributed by atoms with Gasteiger partial charge in [0.25, 0.3) is 0 Å². The lowest BCUT2D eigenvalue weighted by molar-refractivity contribution is -0.646. The Hall–Kier alpha value is -0.0100. The fraction of sp³-hybridized carbons (Fsp3) is 0.900. The molecule has 0 spiro atoms. The molecular weight excluding hydrogens is 290 g/mol. The van der Waals surface area contributed by atoms with E-state index >= 15 is 0 Å². The van der Waals surface area contributed by atoms with Crippen molar-refractivity contribution >= 4 is 0 Å². The lowest BCUT2D eigenvalue weighted by Crippen LogP contribution is -3.00. The van der Waals surface area contributed by atoms with Crippen LogP contribution < -0.4 is 17.7 Å². The van der Waals surface area contributed by atoms with Crippen LogP contribution in [0.5, 0.6) is 0 Å². The van der Waals surface area contributed by atoms with Crippen LogP contribution in [0.3, 0.4) is 0 Å². The molecule has 0 saturated heterocycles. The van der Waals surface area contributed by atoms with Gasteiger partial charge in [0, 0.05) is 0 Å². The third-order valence-electron chi connectivity index (χ3n) is 4.30.